The first-order valence-corrected chi connectivity index (χ1v) is 16.4. The Labute approximate surface area is 268 Å². The van der Waals surface area contributed by atoms with Gasteiger partial charge < -0.3 is 9.47 Å². The molecule has 0 saturated heterocycles. The van der Waals surface area contributed by atoms with Gasteiger partial charge in [-0.15, -0.1) is 0 Å². The number of fused-ring (bicyclic) bond motifs is 1. The average molecular weight is 642 g/mol. The van der Waals surface area contributed by atoms with E-state index < -0.39 is 10.0 Å². The van der Waals surface area contributed by atoms with Crippen molar-refractivity contribution in [2.24, 2.45) is 11.0 Å². The Balaban J connectivity index is 1.36. The van der Waals surface area contributed by atoms with Crippen LogP contribution >= 0.6 is 11.6 Å². The first-order chi connectivity index (χ1) is 21.8. The third kappa shape index (κ3) is 6.45. The minimum atomic E-state index is -3.98. The fourth-order valence-electron chi connectivity index (χ4n) is 5.86. The molecule has 230 valence electrons. The number of hydrogen-bond acceptors (Lipinski definition) is 6. The molecule has 2 aliphatic rings. The lowest BCUT2D eigenvalue weighted by Crippen LogP contribution is -2.32. The second-order valence-corrected chi connectivity index (χ2v) is 13.1. The van der Waals surface area contributed by atoms with E-state index in [9.17, 15) is 13.2 Å². The maximum atomic E-state index is 14.2. The molecule has 0 spiro atoms. The number of methoxy groups -OCH3 is 2. The summed E-state index contributed by atoms with van der Waals surface area (Å²) in [5, 5.41) is 6.98. The molecule has 1 fully saturated rings. The summed E-state index contributed by atoms with van der Waals surface area (Å²) >= 11 is 5.95. The zero-order chi connectivity index (χ0) is 31.6. The van der Waals surface area contributed by atoms with Crippen LogP contribution in [0.1, 0.15) is 46.8 Å². The standard InChI is InChI=1S/C35H32ClN3O5S/c1-43-29-17-9-23(10-18-29)21-25-5-4-8-32-33(25)37-39(34(32)24-11-19-30(44-2)20-12-24)35(40)26-6-3-7-31(22-26)45(41,42)38-28-15-13-27(36)14-16-28/h3,6-7,9-22,32,34,38H,4-5,8H2,1-2H3/b25-21-. The zero-order valence-electron chi connectivity index (χ0n) is 24.8. The van der Waals surface area contributed by atoms with Crippen molar-refractivity contribution in [1.29, 1.82) is 0 Å². The lowest BCUT2D eigenvalue weighted by molar-refractivity contribution is 0.0680. The molecule has 2 atom stereocenters. The van der Waals surface area contributed by atoms with E-state index in [1.807, 2.05) is 48.5 Å². The predicted molar refractivity (Wildman–Crippen MR) is 176 cm³/mol. The van der Waals surface area contributed by atoms with Crippen LogP contribution in [0.4, 0.5) is 5.69 Å². The number of ether oxygens (including phenoxy) is 2. The number of anilines is 1. The van der Waals surface area contributed by atoms with E-state index in [0.29, 0.717) is 16.5 Å². The van der Waals surface area contributed by atoms with Gasteiger partial charge in [0.1, 0.15) is 11.5 Å². The number of hydrogen-bond donors (Lipinski definition) is 1. The summed E-state index contributed by atoms with van der Waals surface area (Å²) in [6.45, 7) is 0. The molecule has 8 nitrogen and oxygen atoms in total. The van der Waals surface area contributed by atoms with Gasteiger partial charge in [0.25, 0.3) is 15.9 Å². The van der Waals surface area contributed by atoms with E-state index in [-0.39, 0.29) is 28.3 Å². The molecule has 10 heteroatoms. The van der Waals surface area contributed by atoms with Crippen molar-refractivity contribution in [3.05, 3.63) is 124 Å². The molecular weight excluding hydrogens is 610 g/mol. The van der Waals surface area contributed by atoms with Crippen LogP contribution in [-0.2, 0) is 10.0 Å². The highest BCUT2D eigenvalue weighted by Gasteiger charge is 2.44. The number of hydrazone groups is 1. The molecule has 4 aromatic rings. The second kappa shape index (κ2) is 12.8. The monoisotopic (exact) mass is 641 g/mol. The summed E-state index contributed by atoms with van der Waals surface area (Å²) in [6, 6.07) is 27.5. The number of carbonyl (C=O) groups is 1. The highest BCUT2D eigenvalue weighted by atomic mass is 35.5. The average Bonchev–Trinajstić information content (AvgIpc) is 3.46. The van der Waals surface area contributed by atoms with Crippen LogP contribution < -0.4 is 14.2 Å². The molecule has 0 bridgehead atoms. The van der Waals surface area contributed by atoms with Gasteiger partial charge in [-0.25, -0.2) is 13.4 Å². The van der Waals surface area contributed by atoms with Gasteiger partial charge in [0, 0.05) is 22.2 Å². The molecule has 1 N–H and O–H groups in total. The van der Waals surface area contributed by atoms with Gasteiger partial charge in [0.05, 0.1) is 30.9 Å². The quantitative estimate of drug-likeness (QED) is 0.214. The summed E-state index contributed by atoms with van der Waals surface area (Å²) < 4.78 is 39.8. The van der Waals surface area contributed by atoms with Crippen molar-refractivity contribution in [1.82, 2.24) is 5.01 Å². The normalized spacial score (nSPS) is 18.7. The Bertz CT molecular complexity index is 1870. The summed E-state index contributed by atoms with van der Waals surface area (Å²) in [5.41, 5.74) is 4.48. The van der Waals surface area contributed by atoms with Crippen molar-refractivity contribution in [3.8, 4) is 11.5 Å². The Kier molecular flexibility index (Phi) is 8.65. The number of allylic oxidation sites excluding steroid dienone is 1. The third-order valence-electron chi connectivity index (χ3n) is 8.11. The highest BCUT2D eigenvalue weighted by Crippen LogP contribution is 2.45. The van der Waals surface area contributed by atoms with E-state index in [2.05, 4.69) is 10.8 Å². The van der Waals surface area contributed by atoms with Crippen LogP contribution in [0.2, 0.25) is 5.02 Å². The molecule has 1 heterocycles. The fourth-order valence-corrected chi connectivity index (χ4v) is 7.09. The lowest BCUT2D eigenvalue weighted by Gasteiger charge is -2.30. The van der Waals surface area contributed by atoms with Crippen LogP contribution in [0, 0.1) is 5.92 Å². The molecule has 4 aromatic carbocycles. The van der Waals surface area contributed by atoms with Crippen LogP contribution in [0.5, 0.6) is 11.5 Å². The number of sulfonamides is 1. The van der Waals surface area contributed by atoms with Crippen molar-refractivity contribution >= 4 is 45.0 Å². The van der Waals surface area contributed by atoms with Gasteiger partial charge in [-0.05, 0) is 109 Å². The van der Waals surface area contributed by atoms with E-state index >= 15 is 0 Å². The van der Waals surface area contributed by atoms with E-state index in [0.717, 1.165) is 47.4 Å². The largest absolute Gasteiger partial charge is 0.497 e. The molecule has 1 amide bonds. The Hall–Kier alpha value is -4.60. The molecule has 1 saturated carbocycles. The summed E-state index contributed by atoms with van der Waals surface area (Å²) in [6.07, 6.45) is 4.77. The highest BCUT2D eigenvalue weighted by molar-refractivity contribution is 7.92. The molecule has 0 radical (unpaired) electrons. The maximum absolute atomic E-state index is 14.2. The van der Waals surface area contributed by atoms with Crippen molar-refractivity contribution < 1.29 is 22.7 Å². The number of nitrogens with zero attached hydrogens (tertiary/aromatic N) is 2. The molecule has 0 aromatic heterocycles. The second-order valence-electron chi connectivity index (χ2n) is 10.9. The van der Waals surface area contributed by atoms with Crippen LogP contribution in [0.3, 0.4) is 0 Å². The molecule has 1 aliphatic heterocycles. The molecule has 2 unspecified atom stereocenters. The Morgan fingerprint density at radius 3 is 2.27 bits per heavy atom. The van der Waals surface area contributed by atoms with Gasteiger partial charge in [0.15, 0.2) is 0 Å². The third-order valence-corrected chi connectivity index (χ3v) is 9.74. The minimum absolute atomic E-state index is 0.0286. The predicted octanol–water partition coefficient (Wildman–Crippen LogP) is 7.59. The topological polar surface area (TPSA) is 97.3 Å². The number of benzene rings is 4. The van der Waals surface area contributed by atoms with E-state index in [4.69, 9.17) is 26.2 Å². The molecule has 45 heavy (non-hydrogen) atoms. The van der Waals surface area contributed by atoms with Gasteiger partial charge in [-0.2, -0.15) is 5.10 Å². The van der Waals surface area contributed by atoms with Gasteiger partial charge in [0.2, 0.25) is 0 Å². The number of rotatable bonds is 8. The van der Waals surface area contributed by atoms with Crippen LogP contribution in [0.25, 0.3) is 6.08 Å². The maximum Gasteiger partial charge on any atom is 0.274 e. The summed E-state index contributed by atoms with van der Waals surface area (Å²) in [5.74, 6) is 1.08. The van der Waals surface area contributed by atoms with Gasteiger partial charge >= 0.3 is 0 Å². The number of carbonyl (C=O) groups excluding carboxylic acids is 1. The lowest BCUT2D eigenvalue weighted by atomic mass is 9.77. The van der Waals surface area contributed by atoms with Crippen molar-refractivity contribution in [3.63, 3.8) is 0 Å². The van der Waals surface area contributed by atoms with Crippen LogP contribution in [0.15, 0.2) is 113 Å². The van der Waals surface area contributed by atoms with Crippen molar-refractivity contribution in [2.75, 3.05) is 18.9 Å². The SMILES string of the molecule is COc1ccc(/C=C2/CCCC3C2=NN(C(=O)c2cccc(S(=O)(=O)Nc4ccc(Cl)cc4)c2)C3c2ccc(OC)cc2)cc1. The van der Waals surface area contributed by atoms with Crippen molar-refractivity contribution in [2.45, 2.75) is 30.2 Å². The Morgan fingerprint density at radius 2 is 1.60 bits per heavy atom. The van der Waals surface area contributed by atoms with Gasteiger partial charge in [-0.3, -0.25) is 9.52 Å². The number of halogens is 1. The first kappa shape index (κ1) is 30.4. The first-order valence-electron chi connectivity index (χ1n) is 14.6. The number of amides is 1. The fraction of sp³-hybridized carbons (Fsp3) is 0.200. The zero-order valence-corrected chi connectivity index (χ0v) is 26.4. The minimum Gasteiger partial charge on any atom is -0.497 e. The Morgan fingerprint density at radius 1 is 0.933 bits per heavy atom. The summed E-state index contributed by atoms with van der Waals surface area (Å²) in [7, 11) is -0.730. The summed E-state index contributed by atoms with van der Waals surface area (Å²) in [4.78, 5) is 14.2. The smallest absolute Gasteiger partial charge is 0.274 e. The molecular formula is C35H32ClN3O5S. The molecule has 1 aliphatic carbocycles. The van der Waals surface area contributed by atoms with E-state index in [1.165, 1.54) is 17.1 Å². The van der Waals surface area contributed by atoms with Gasteiger partial charge in [-0.1, -0.05) is 41.9 Å². The van der Waals surface area contributed by atoms with Crippen LogP contribution in [-0.4, -0.2) is 39.3 Å². The number of nitrogens with one attached hydrogen (secondary N) is 1. The van der Waals surface area contributed by atoms with E-state index in [1.54, 1.807) is 50.6 Å². The molecule has 6 rings (SSSR count).